The molecule has 0 bridgehead atoms. The van der Waals surface area contributed by atoms with Crippen molar-refractivity contribution >= 4 is 16.9 Å². The second-order valence-corrected chi connectivity index (χ2v) is 5.03. The number of rotatable bonds is 5. The van der Waals surface area contributed by atoms with Gasteiger partial charge in [0.25, 0.3) is 0 Å². The van der Waals surface area contributed by atoms with Gasteiger partial charge in [-0.3, -0.25) is 4.79 Å². The molecule has 1 heterocycles. The summed E-state index contributed by atoms with van der Waals surface area (Å²) in [5.41, 5.74) is 2.63. The van der Waals surface area contributed by atoms with Gasteiger partial charge in [0, 0.05) is 12.1 Å². The highest BCUT2D eigenvalue weighted by molar-refractivity contribution is 5.91. The van der Waals surface area contributed by atoms with E-state index in [1.807, 2.05) is 48.5 Å². The van der Waals surface area contributed by atoms with Crippen LogP contribution < -0.4 is 10.1 Å². The fourth-order valence-corrected chi connectivity index (χ4v) is 2.45. The van der Waals surface area contributed by atoms with Crippen LogP contribution in [-0.4, -0.2) is 13.0 Å². The summed E-state index contributed by atoms with van der Waals surface area (Å²) < 4.78 is 10.8. The molecule has 112 valence electrons. The highest BCUT2D eigenvalue weighted by atomic mass is 16.5. The quantitative estimate of drug-likeness (QED) is 0.785. The van der Waals surface area contributed by atoms with Crippen molar-refractivity contribution < 1.29 is 13.9 Å². The van der Waals surface area contributed by atoms with Crippen LogP contribution in [0.25, 0.3) is 11.0 Å². The van der Waals surface area contributed by atoms with E-state index in [-0.39, 0.29) is 12.3 Å². The lowest BCUT2D eigenvalue weighted by Crippen LogP contribution is -2.24. The van der Waals surface area contributed by atoms with Gasteiger partial charge in [-0.25, -0.2) is 0 Å². The minimum atomic E-state index is -0.0440. The van der Waals surface area contributed by atoms with Crippen LogP contribution in [0.4, 0.5) is 0 Å². The number of fused-ring (bicyclic) bond motifs is 1. The summed E-state index contributed by atoms with van der Waals surface area (Å²) in [5, 5.41) is 3.78. The maximum Gasteiger partial charge on any atom is 0.224 e. The number of hydrogen-bond acceptors (Lipinski definition) is 3. The standard InChI is InChI=1S/C18H17NO3/c1-21-15-8-5-9-16-18(15)14(12-22-16)10-17(20)19-11-13-6-3-2-4-7-13/h2-9,12H,10-11H2,1H3,(H,19,20). The van der Waals surface area contributed by atoms with Gasteiger partial charge < -0.3 is 14.5 Å². The number of carbonyl (C=O) groups is 1. The second kappa shape index (κ2) is 6.35. The number of carbonyl (C=O) groups excluding carboxylic acids is 1. The molecule has 1 N–H and O–H groups in total. The van der Waals surface area contributed by atoms with E-state index >= 15 is 0 Å². The molecular formula is C18H17NO3. The van der Waals surface area contributed by atoms with E-state index in [1.54, 1.807) is 13.4 Å². The third-order valence-corrected chi connectivity index (χ3v) is 3.54. The average molecular weight is 295 g/mol. The number of benzene rings is 2. The Balaban J connectivity index is 1.72. The first-order chi connectivity index (χ1) is 10.8. The van der Waals surface area contributed by atoms with E-state index in [4.69, 9.17) is 9.15 Å². The van der Waals surface area contributed by atoms with E-state index in [9.17, 15) is 4.79 Å². The Kier molecular flexibility index (Phi) is 4.10. The lowest BCUT2D eigenvalue weighted by molar-refractivity contribution is -0.120. The van der Waals surface area contributed by atoms with Crippen LogP contribution in [0.2, 0.25) is 0 Å². The maximum absolute atomic E-state index is 12.1. The largest absolute Gasteiger partial charge is 0.496 e. The summed E-state index contributed by atoms with van der Waals surface area (Å²) >= 11 is 0. The van der Waals surface area contributed by atoms with Gasteiger partial charge in [0.1, 0.15) is 11.3 Å². The Labute approximate surface area is 128 Å². The van der Waals surface area contributed by atoms with Crippen LogP contribution in [0.15, 0.2) is 59.2 Å². The summed E-state index contributed by atoms with van der Waals surface area (Å²) in [6.07, 6.45) is 1.88. The molecule has 3 aromatic rings. The van der Waals surface area contributed by atoms with Gasteiger partial charge in [-0.05, 0) is 17.7 Å². The van der Waals surface area contributed by atoms with E-state index in [1.165, 1.54) is 0 Å². The van der Waals surface area contributed by atoms with Gasteiger partial charge in [-0.1, -0.05) is 36.4 Å². The summed E-state index contributed by atoms with van der Waals surface area (Å²) in [6.45, 7) is 0.520. The molecule has 0 radical (unpaired) electrons. The zero-order valence-corrected chi connectivity index (χ0v) is 12.3. The van der Waals surface area contributed by atoms with Crippen molar-refractivity contribution in [2.45, 2.75) is 13.0 Å². The monoisotopic (exact) mass is 295 g/mol. The fourth-order valence-electron chi connectivity index (χ4n) is 2.45. The molecule has 4 heteroatoms. The lowest BCUT2D eigenvalue weighted by Gasteiger charge is -2.06. The zero-order valence-electron chi connectivity index (χ0n) is 12.3. The summed E-state index contributed by atoms with van der Waals surface area (Å²) in [4.78, 5) is 12.1. The predicted octanol–water partition coefficient (Wildman–Crippen LogP) is 3.30. The van der Waals surface area contributed by atoms with E-state index < -0.39 is 0 Å². The minimum Gasteiger partial charge on any atom is -0.496 e. The topological polar surface area (TPSA) is 51.5 Å². The Morgan fingerprint density at radius 3 is 2.73 bits per heavy atom. The van der Waals surface area contributed by atoms with Gasteiger partial charge >= 0.3 is 0 Å². The molecule has 0 aliphatic heterocycles. The molecule has 3 rings (SSSR count). The number of ether oxygens (including phenoxy) is 1. The van der Waals surface area contributed by atoms with Crippen molar-refractivity contribution in [3.8, 4) is 5.75 Å². The molecule has 0 aliphatic rings. The minimum absolute atomic E-state index is 0.0440. The molecule has 0 saturated carbocycles. The summed E-state index contributed by atoms with van der Waals surface area (Å²) in [6, 6.07) is 15.4. The van der Waals surface area contributed by atoms with Crippen LogP contribution in [0, 0.1) is 0 Å². The highest BCUT2D eigenvalue weighted by Gasteiger charge is 2.14. The Hall–Kier alpha value is -2.75. The van der Waals surface area contributed by atoms with E-state index in [0.717, 1.165) is 27.8 Å². The molecule has 22 heavy (non-hydrogen) atoms. The normalized spacial score (nSPS) is 10.6. The SMILES string of the molecule is COc1cccc2occ(CC(=O)NCc3ccccc3)c12. The van der Waals surface area contributed by atoms with Crippen molar-refractivity contribution in [1.82, 2.24) is 5.32 Å². The third kappa shape index (κ3) is 2.96. The smallest absolute Gasteiger partial charge is 0.224 e. The van der Waals surface area contributed by atoms with E-state index in [2.05, 4.69) is 5.32 Å². The Morgan fingerprint density at radius 2 is 1.95 bits per heavy atom. The highest BCUT2D eigenvalue weighted by Crippen LogP contribution is 2.30. The Bertz CT molecular complexity index is 777. The molecule has 0 atom stereocenters. The Morgan fingerprint density at radius 1 is 1.14 bits per heavy atom. The van der Waals surface area contributed by atoms with Crippen LogP contribution in [-0.2, 0) is 17.8 Å². The van der Waals surface area contributed by atoms with Gasteiger partial charge in [0.2, 0.25) is 5.91 Å². The van der Waals surface area contributed by atoms with Crippen LogP contribution in [0.5, 0.6) is 5.75 Å². The van der Waals surface area contributed by atoms with Crippen molar-refractivity contribution in [3.05, 3.63) is 65.9 Å². The average Bonchev–Trinajstić information content (AvgIpc) is 2.97. The number of amides is 1. The molecule has 0 unspecified atom stereocenters. The molecular weight excluding hydrogens is 278 g/mol. The van der Waals surface area contributed by atoms with Crippen molar-refractivity contribution in [2.24, 2.45) is 0 Å². The van der Waals surface area contributed by atoms with Crippen LogP contribution in [0.3, 0.4) is 0 Å². The first-order valence-electron chi connectivity index (χ1n) is 7.11. The van der Waals surface area contributed by atoms with Crippen molar-refractivity contribution in [2.75, 3.05) is 7.11 Å². The maximum atomic E-state index is 12.1. The van der Waals surface area contributed by atoms with Gasteiger partial charge in [-0.15, -0.1) is 0 Å². The van der Waals surface area contributed by atoms with Gasteiger partial charge in [0.15, 0.2) is 0 Å². The number of methoxy groups -OCH3 is 1. The predicted molar refractivity (Wildman–Crippen MR) is 84.8 cm³/mol. The molecule has 0 fully saturated rings. The van der Waals surface area contributed by atoms with Gasteiger partial charge in [0.05, 0.1) is 25.2 Å². The van der Waals surface area contributed by atoms with E-state index in [0.29, 0.717) is 6.54 Å². The summed E-state index contributed by atoms with van der Waals surface area (Å²) in [5.74, 6) is 0.676. The van der Waals surface area contributed by atoms with Crippen molar-refractivity contribution in [3.63, 3.8) is 0 Å². The molecule has 1 amide bonds. The second-order valence-electron chi connectivity index (χ2n) is 5.03. The van der Waals surface area contributed by atoms with Gasteiger partial charge in [-0.2, -0.15) is 0 Å². The zero-order chi connectivity index (χ0) is 15.4. The van der Waals surface area contributed by atoms with Crippen molar-refractivity contribution in [1.29, 1.82) is 0 Å². The number of nitrogens with one attached hydrogen (secondary N) is 1. The first-order valence-corrected chi connectivity index (χ1v) is 7.11. The summed E-state index contributed by atoms with van der Waals surface area (Å²) in [7, 11) is 1.61. The van der Waals surface area contributed by atoms with Crippen LogP contribution in [0.1, 0.15) is 11.1 Å². The fraction of sp³-hybridized carbons (Fsp3) is 0.167. The number of furan rings is 1. The number of hydrogen-bond donors (Lipinski definition) is 1. The molecule has 0 spiro atoms. The lowest BCUT2D eigenvalue weighted by atomic mass is 10.1. The first kappa shape index (κ1) is 14.2. The molecule has 1 aromatic heterocycles. The molecule has 2 aromatic carbocycles. The molecule has 0 aliphatic carbocycles. The molecule has 0 saturated heterocycles. The van der Waals surface area contributed by atoms with Crippen LogP contribution >= 0.6 is 0 Å². The third-order valence-electron chi connectivity index (χ3n) is 3.54. The molecule has 4 nitrogen and oxygen atoms in total.